The van der Waals surface area contributed by atoms with Gasteiger partial charge in [-0.1, -0.05) is 18.5 Å². The molecule has 2 aromatic rings. The molecule has 2 aromatic carbocycles. The molecule has 1 aliphatic rings. The first-order valence-corrected chi connectivity index (χ1v) is 10.4. The van der Waals surface area contributed by atoms with E-state index in [4.69, 9.17) is 11.6 Å². The average Bonchev–Trinajstić information content (AvgIpc) is 2.55. The monoisotopic (exact) mass is 460 g/mol. The summed E-state index contributed by atoms with van der Waals surface area (Å²) >= 11 is 9.11. The number of nitrogens with zero attached hydrogens (tertiary/aromatic N) is 1. The Bertz CT molecular complexity index is 978. The number of nitrogens with one attached hydrogen (secondary N) is 1. The number of carbonyl (C=O) groups is 1. The highest BCUT2D eigenvalue weighted by molar-refractivity contribution is 9.10. The molecule has 0 bridgehead atoms. The average molecular weight is 462 g/mol. The second-order valence-corrected chi connectivity index (χ2v) is 9.32. The van der Waals surface area contributed by atoms with Gasteiger partial charge >= 0.3 is 0 Å². The van der Waals surface area contributed by atoms with Crippen LogP contribution in [0.15, 0.2) is 45.8 Å². The summed E-state index contributed by atoms with van der Waals surface area (Å²) in [6.07, 6.45) is 0. The molecular formula is C17H15BrClFN2O3S. The molecule has 1 saturated heterocycles. The Morgan fingerprint density at radius 2 is 1.96 bits per heavy atom. The number of hydrogen-bond acceptors (Lipinski definition) is 3. The van der Waals surface area contributed by atoms with E-state index in [0.29, 0.717) is 24.7 Å². The fourth-order valence-corrected chi connectivity index (χ4v) is 5.16. The van der Waals surface area contributed by atoms with Crippen molar-refractivity contribution in [2.75, 3.05) is 18.4 Å². The van der Waals surface area contributed by atoms with Gasteiger partial charge in [0.2, 0.25) is 10.0 Å². The van der Waals surface area contributed by atoms with E-state index in [9.17, 15) is 17.6 Å². The molecule has 0 spiro atoms. The summed E-state index contributed by atoms with van der Waals surface area (Å²) in [5.41, 5.74) is 0.515. The second kappa shape index (κ2) is 7.26. The van der Waals surface area contributed by atoms with Gasteiger partial charge in [-0.2, -0.15) is 4.31 Å². The van der Waals surface area contributed by atoms with E-state index >= 15 is 0 Å². The Morgan fingerprint density at radius 3 is 2.58 bits per heavy atom. The van der Waals surface area contributed by atoms with Crippen LogP contribution in [0.2, 0.25) is 5.02 Å². The highest BCUT2D eigenvalue weighted by Gasteiger charge is 2.35. The molecule has 3 rings (SSSR count). The number of hydrogen-bond donors (Lipinski definition) is 1. The van der Waals surface area contributed by atoms with Crippen LogP contribution in [0.25, 0.3) is 0 Å². The lowest BCUT2D eigenvalue weighted by molar-refractivity contribution is 0.102. The van der Waals surface area contributed by atoms with Crippen LogP contribution in [0, 0.1) is 11.7 Å². The summed E-state index contributed by atoms with van der Waals surface area (Å²) < 4.78 is 40.1. The van der Waals surface area contributed by atoms with Crippen LogP contribution in [-0.4, -0.2) is 31.7 Å². The number of halogens is 3. The van der Waals surface area contributed by atoms with E-state index in [1.54, 1.807) is 0 Å². The number of benzene rings is 2. The van der Waals surface area contributed by atoms with Crippen LogP contribution in [0.4, 0.5) is 10.1 Å². The molecule has 1 heterocycles. The van der Waals surface area contributed by atoms with Crippen molar-refractivity contribution in [1.29, 1.82) is 0 Å². The van der Waals surface area contributed by atoms with Crippen molar-refractivity contribution in [2.24, 2.45) is 5.92 Å². The molecule has 0 unspecified atom stereocenters. The molecule has 138 valence electrons. The standard InChI is InChI=1S/C17H15BrClFN2O3S/c1-10-8-22(9-10)26(24,25)16-6-11(2-4-14(16)19)17(23)21-12-3-5-15(20)13(18)7-12/h2-7,10H,8-9H2,1H3,(H,21,23). The van der Waals surface area contributed by atoms with E-state index in [2.05, 4.69) is 21.2 Å². The topological polar surface area (TPSA) is 66.5 Å². The molecule has 26 heavy (non-hydrogen) atoms. The molecule has 0 aromatic heterocycles. The van der Waals surface area contributed by atoms with Gasteiger partial charge in [0.05, 0.1) is 9.50 Å². The fourth-order valence-electron chi connectivity index (χ4n) is 2.60. The summed E-state index contributed by atoms with van der Waals surface area (Å²) in [6.45, 7) is 2.82. The van der Waals surface area contributed by atoms with Gasteiger partial charge in [0.25, 0.3) is 5.91 Å². The van der Waals surface area contributed by atoms with Crippen molar-refractivity contribution in [2.45, 2.75) is 11.8 Å². The summed E-state index contributed by atoms with van der Waals surface area (Å²) in [4.78, 5) is 12.3. The third kappa shape index (κ3) is 3.78. The maximum Gasteiger partial charge on any atom is 0.255 e. The molecule has 1 amide bonds. The summed E-state index contributed by atoms with van der Waals surface area (Å²) in [7, 11) is -3.74. The van der Waals surface area contributed by atoms with Crippen molar-refractivity contribution in [1.82, 2.24) is 4.31 Å². The minimum atomic E-state index is -3.74. The maximum absolute atomic E-state index is 13.3. The Morgan fingerprint density at radius 1 is 1.27 bits per heavy atom. The van der Waals surface area contributed by atoms with Gasteiger partial charge < -0.3 is 5.32 Å². The normalized spacial score (nSPS) is 15.5. The van der Waals surface area contributed by atoms with Crippen LogP contribution in [0.1, 0.15) is 17.3 Å². The van der Waals surface area contributed by atoms with E-state index in [1.807, 2.05) is 6.92 Å². The smallest absolute Gasteiger partial charge is 0.255 e. The van der Waals surface area contributed by atoms with Crippen LogP contribution >= 0.6 is 27.5 Å². The lowest BCUT2D eigenvalue weighted by atomic mass is 10.1. The first-order chi connectivity index (χ1) is 12.2. The number of anilines is 1. The van der Waals surface area contributed by atoms with Crippen molar-refractivity contribution in [3.8, 4) is 0 Å². The van der Waals surface area contributed by atoms with Gasteiger partial charge in [-0.05, 0) is 58.2 Å². The number of amides is 1. The second-order valence-electron chi connectivity index (χ2n) is 6.16. The predicted molar refractivity (Wildman–Crippen MR) is 101 cm³/mol. The van der Waals surface area contributed by atoms with Gasteiger partial charge in [0.15, 0.2) is 0 Å². The molecule has 0 radical (unpaired) electrons. The van der Waals surface area contributed by atoms with Crippen molar-refractivity contribution in [3.05, 3.63) is 57.3 Å². The Labute approximate surface area is 164 Å². The first-order valence-electron chi connectivity index (χ1n) is 7.74. The zero-order valence-corrected chi connectivity index (χ0v) is 16.8. The van der Waals surface area contributed by atoms with E-state index in [-0.39, 0.29) is 20.0 Å². The molecule has 1 fully saturated rings. The SMILES string of the molecule is CC1CN(S(=O)(=O)c2cc(C(=O)Nc3ccc(F)c(Br)c3)ccc2Cl)C1. The Hall–Kier alpha value is -1.48. The lowest BCUT2D eigenvalue weighted by Gasteiger charge is -2.36. The fraction of sp³-hybridized carbons (Fsp3) is 0.235. The maximum atomic E-state index is 13.3. The summed E-state index contributed by atoms with van der Waals surface area (Å²) in [5, 5.41) is 2.66. The minimum absolute atomic E-state index is 0.0608. The lowest BCUT2D eigenvalue weighted by Crippen LogP contribution is -2.48. The van der Waals surface area contributed by atoms with E-state index < -0.39 is 21.7 Å². The van der Waals surface area contributed by atoms with Gasteiger partial charge in [-0.25, -0.2) is 12.8 Å². The van der Waals surface area contributed by atoms with E-state index in [0.717, 1.165) is 0 Å². The van der Waals surface area contributed by atoms with Gasteiger partial charge in [-0.15, -0.1) is 0 Å². The molecule has 0 atom stereocenters. The predicted octanol–water partition coefficient (Wildman–Crippen LogP) is 4.13. The molecule has 9 heteroatoms. The van der Waals surface area contributed by atoms with Crippen LogP contribution in [-0.2, 0) is 10.0 Å². The highest BCUT2D eigenvalue weighted by atomic mass is 79.9. The van der Waals surface area contributed by atoms with Crippen molar-refractivity contribution >= 4 is 49.1 Å². The highest BCUT2D eigenvalue weighted by Crippen LogP contribution is 2.30. The molecule has 5 nitrogen and oxygen atoms in total. The Balaban J connectivity index is 1.87. The van der Waals surface area contributed by atoms with Gasteiger partial charge in [0, 0.05) is 24.3 Å². The molecular weight excluding hydrogens is 447 g/mol. The van der Waals surface area contributed by atoms with Crippen LogP contribution < -0.4 is 5.32 Å². The van der Waals surface area contributed by atoms with Crippen molar-refractivity contribution in [3.63, 3.8) is 0 Å². The zero-order valence-electron chi connectivity index (χ0n) is 13.7. The molecule has 0 saturated carbocycles. The first kappa shape index (κ1) is 19.3. The minimum Gasteiger partial charge on any atom is -0.322 e. The summed E-state index contributed by atoms with van der Waals surface area (Å²) in [5.74, 6) is -0.674. The number of sulfonamides is 1. The summed E-state index contributed by atoms with van der Waals surface area (Å²) in [6, 6.07) is 8.12. The number of rotatable bonds is 4. The van der Waals surface area contributed by atoms with Gasteiger partial charge in [0.1, 0.15) is 10.7 Å². The quantitative estimate of drug-likeness (QED) is 0.744. The largest absolute Gasteiger partial charge is 0.322 e. The molecule has 1 N–H and O–H groups in total. The van der Waals surface area contributed by atoms with Crippen LogP contribution in [0.3, 0.4) is 0 Å². The molecule has 0 aliphatic carbocycles. The number of carbonyl (C=O) groups excluding carboxylic acids is 1. The van der Waals surface area contributed by atoms with Gasteiger partial charge in [-0.3, -0.25) is 4.79 Å². The van der Waals surface area contributed by atoms with Crippen molar-refractivity contribution < 1.29 is 17.6 Å². The van der Waals surface area contributed by atoms with E-state index in [1.165, 1.54) is 40.7 Å². The third-order valence-corrected chi connectivity index (χ3v) is 6.94. The Kier molecular flexibility index (Phi) is 5.39. The third-order valence-electron chi connectivity index (χ3n) is 4.02. The van der Waals surface area contributed by atoms with Crippen LogP contribution in [0.5, 0.6) is 0 Å². The zero-order chi connectivity index (χ0) is 19.1. The molecule has 1 aliphatic heterocycles.